The van der Waals surface area contributed by atoms with Gasteiger partial charge in [0.2, 0.25) is 0 Å². The van der Waals surface area contributed by atoms with Crippen molar-refractivity contribution in [2.24, 2.45) is 5.92 Å². The first kappa shape index (κ1) is 6.31. The molecule has 0 unspecified atom stereocenters. The summed E-state index contributed by atoms with van der Waals surface area (Å²) >= 11 is 9.27. The van der Waals surface area contributed by atoms with E-state index in [9.17, 15) is 0 Å². The Labute approximate surface area is 49.3 Å². The van der Waals surface area contributed by atoms with Crippen LogP contribution in [-0.4, -0.2) is 4.20 Å². The van der Waals surface area contributed by atoms with Gasteiger partial charge in [-0.1, -0.05) is 13.8 Å². The highest BCUT2D eigenvalue weighted by atomic mass is 32.1. The van der Waals surface area contributed by atoms with Crippen molar-refractivity contribution in [3.63, 3.8) is 0 Å². The third kappa shape index (κ3) is 2.54. The molecule has 6 heavy (non-hydrogen) atoms. The minimum Gasteiger partial charge on any atom is -0.433 e. The van der Waals surface area contributed by atoms with Crippen LogP contribution in [0.25, 0.3) is 0 Å². The van der Waals surface area contributed by atoms with Crippen LogP contribution in [0.2, 0.25) is 0 Å². The first-order chi connectivity index (χ1) is 2.64. The molecule has 0 radical (unpaired) electrons. The van der Waals surface area contributed by atoms with Crippen molar-refractivity contribution < 1.29 is 0 Å². The lowest BCUT2D eigenvalue weighted by atomic mass is 10.3. The van der Waals surface area contributed by atoms with E-state index in [1.54, 1.807) is 0 Å². The van der Waals surface area contributed by atoms with Crippen LogP contribution in [0.5, 0.6) is 0 Å². The second-order valence-electron chi connectivity index (χ2n) is 1.47. The van der Waals surface area contributed by atoms with Gasteiger partial charge in [-0.15, -0.1) is 4.20 Å². The monoisotopic (exact) mass is 119 g/mol. The molecule has 0 heterocycles. The van der Waals surface area contributed by atoms with Crippen molar-refractivity contribution in [3.8, 4) is 0 Å². The fourth-order valence-corrected chi connectivity index (χ4v) is 0. The lowest BCUT2D eigenvalue weighted by Gasteiger charge is -2.06. The quantitative estimate of drug-likeness (QED) is 0.379. The van der Waals surface area contributed by atoms with Gasteiger partial charge in [-0.25, -0.2) is 0 Å². The van der Waals surface area contributed by atoms with Gasteiger partial charge in [0.15, 0.2) is 0 Å². The minimum absolute atomic E-state index is 0.398. The van der Waals surface area contributed by atoms with E-state index in [4.69, 9.17) is 0 Å². The molecule has 0 aromatic rings. The second kappa shape index (κ2) is 2.48. The van der Waals surface area contributed by atoms with Crippen molar-refractivity contribution in [2.45, 2.75) is 13.8 Å². The van der Waals surface area contributed by atoms with E-state index >= 15 is 0 Å². The average molecular weight is 119 g/mol. The fourth-order valence-electron chi connectivity index (χ4n) is 0. The summed E-state index contributed by atoms with van der Waals surface area (Å²) in [6.45, 7) is 3.99. The van der Waals surface area contributed by atoms with Crippen LogP contribution >= 0.6 is 12.2 Å². The fraction of sp³-hybridized carbons (Fsp3) is 0.750. The van der Waals surface area contributed by atoms with Crippen LogP contribution < -0.4 is 0 Å². The van der Waals surface area contributed by atoms with Gasteiger partial charge in [0, 0.05) is 0 Å². The van der Waals surface area contributed by atoms with Gasteiger partial charge in [-0.2, -0.15) is 0 Å². The molecule has 0 aromatic heterocycles. The Morgan fingerprint density at radius 3 is 1.83 bits per heavy atom. The molecule has 0 saturated carbocycles. The van der Waals surface area contributed by atoms with Crippen LogP contribution in [0.15, 0.2) is 0 Å². The molecule has 36 valence electrons. The van der Waals surface area contributed by atoms with E-state index in [-0.39, 0.29) is 0 Å². The number of hydrogen-bond donors (Lipinski definition) is 0. The highest BCUT2D eigenvalue weighted by molar-refractivity contribution is 8.00. The first-order valence-electron chi connectivity index (χ1n) is 1.85. The third-order valence-corrected chi connectivity index (χ3v) is 1.41. The molecule has 0 saturated heterocycles. The van der Waals surface area contributed by atoms with Crippen molar-refractivity contribution in [2.75, 3.05) is 0 Å². The molecule has 0 atom stereocenters. The molecule has 0 rings (SSSR count). The summed E-state index contributed by atoms with van der Waals surface area (Å²) in [7, 11) is 0. The molecule has 0 amide bonds. The van der Waals surface area contributed by atoms with Crippen LogP contribution in [0.3, 0.4) is 0 Å². The van der Waals surface area contributed by atoms with Crippen LogP contribution in [0, 0.1) is 5.92 Å². The predicted molar refractivity (Wildman–Crippen MR) is 34.8 cm³/mol. The molecular weight excluding hydrogens is 112 g/mol. The Morgan fingerprint density at radius 2 is 1.83 bits per heavy atom. The van der Waals surface area contributed by atoms with Gasteiger partial charge in [0.25, 0.3) is 0 Å². The zero-order valence-electron chi connectivity index (χ0n) is 3.89. The topological polar surface area (TPSA) is 0 Å². The van der Waals surface area contributed by atoms with Gasteiger partial charge >= 0.3 is 0 Å². The highest BCUT2D eigenvalue weighted by Crippen LogP contribution is 1.92. The maximum atomic E-state index is 4.63. The zero-order chi connectivity index (χ0) is 5.15. The van der Waals surface area contributed by atoms with Gasteiger partial charge in [-0.05, 0) is 5.92 Å². The molecule has 0 spiro atoms. The lowest BCUT2D eigenvalue weighted by Crippen LogP contribution is -1.96. The van der Waals surface area contributed by atoms with Crippen molar-refractivity contribution in [3.05, 3.63) is 0 Å². The number of rotatable bonds is 1. The number of hydrogen-bond acceptors (Lipinski definition) is 2. The number of thiocarbonyl (C=S) groups is 1. The van der Waals surface area contributed by atoms with Crippen LogP contribution in [-0.2, 0) is 12.6 Å². The molecule has 0 aliphatic carbocycles. The summed E-state index contributed by atoms with van der Waals surface area (Å²) in [5.74, 6) is 0.398. The van der Waals surface area contributed by atoms with Gasteiger partial charge < -0.3 is 24.8 Å². The highest BCUT2D eigenvalue weighted by Gasteiger charge is 1.81. The Bertz CT molecular complexity index is 56.6. The van der Waals surface area contributed by atoms with Crippen LogP contribution in [0.4, 0.5) is 0 Å². The molecule has 0 bridgehead atoms. The Morgan fingerprint density at radius 1 is 1.67 bits per heavy atom. The Hall–Kier alpha value is 0.310. The molecular formula is C4H7S2-. The Kier molecular flexibility index (Phi) is 2.61. The summed E-state index contributed by atoms with van der Waals surface area (Å²) in [6.07, 6.45) is 0. The molecule has 0 aromatic carbocycles. The van der Waals surface area contributed by atoms with E-state index in [0.29, 0.717) is 10.1 Å². The molecule has 0 aliphatic heterocycles. The van der Waals surface area contributed by atoms with Crippen LogP contribution in [0.1, 0.15) is 13.8 Å². The average Bonchev–Trinajstić information content (AvgIpc) is 1.36. The van der Waals surface area contributed by atoms with E-state index in [1.165, 1.54) is 0 Å². The molecule has 0 nitrogen and oxygen atoms in total. The van der Waals surface area contributed by atoms with Gasteiger partial charge in [-0.3, -0.25) is 0 Å². The molecule has 0 fully saturated rings. The SMILES string of the molecule is CC(C)C(=S)[S-]. The van der Waals surface area contributed by atoms with Crippen molar-refractivity contribution >= 4 is 29.0 Å². The first-order valence-corrected chi connectivity index (χ1v) is 2.67. The smallest absolute Gasteiger partial charge is 0.0402 e. The summed E-state index contributed by atoms with van der Waals surface area (Å²) in [5, 5.41) is 0. The second-order valence-corrected chi connectivity index (χ2v) is 2.61. The summed E-state index contributed by atoms with van der Waals surface area (Å²) in [5.41, 5.74) is 0. The Balaban J connectivity index is 3.26. The molecule has 0 N–H and O–H groups in total. The molecule has 0 aliphatic rings. The third-order valence-electron chi connectivity index (χ3n) is 0.471. The zero-order valence-corrected chi connectivity index (χ0v) is 5.53. The largest absolute Gasteiger partial charge is 0.433 e. The summed E-state index contributed by atoms with van der Waals surface area (Å²) < 4.78 is 0.676. The van der Waals surface area contributed by atoms with Gasteiger partial charge in [0.05, 0.1) is 0 Å². The maximum Gasteiger partial charge on any atom is -0.0402 e. The lowest BCUT2D eigenvalue weighted by molar-refractivity contribution is 0.916. The minimum atomic E-state index is 0.398. The summed E-state index contributed by atoms with van der Waals surface area (Å²) in [4.78, 5) is 0. The van der Waals surface area contributed by atoms with E-state index in [1.807, 2.05) is 13.8 Å². The standard InChI is InChI=1S/C4H8S2/c1-3(2)4(5)6/h3H,1-2H3,(H,5,6)/p-1. The molecule has 2 heteroatoms. The van der Waals surface area contributed by atoms with E-state index < -0.39 is 0 Å². The summed E-state index contributed by atoms with van der Waals surface area (Å²) in [6, 6.07) is 0. The van der Waals surface area contributed by atoms with Gasteiger partial charge in [0.1, 0.15) is 0 Å². The predicted octanol–water partition coefficient (Wildman–Crippen LogP) is 1.52. The van der Waals surface area contributed by atoms with Crippen molar-refractivity contribution in [1.82, 2.24) is 0 Å². The maximum absolute atomic E-state index is 4.63. The van der Waals surface area contributed by atoms with E-state index in [2.05, 4.69) is 24.8 Å². The van der Waals surface area contributed by atoms with Crippen molar-refractivity contribution in [1.29, 1.82) is 0 Å². The van der Waals surface area contributed by atoms with E-state index in [0.717, 1.165) is 0 Å². The normalized spacial score (nSPS) is 9.17.